The van der Waals surface area contributed by atoms with E-state index in [0.29, 0.717) is 26.2 Å². The third-order valence-electron chi connectivity index (χ3n) is 1.43. The largest absolute Gasteiger partial charge is 0.295 e. The van der Waals surface area contributed by atoms with Gasteiger partial charge in [0.05, 0.1) is 0 Å². The summed E-state index contributed by atoms with van der Waals surface area (Å²) >= 11 is 0. The van der Waals surface area contributed by atoms with Crippen LogP contribution >= 0.6 is 0 Å². The summed E-state index contributed by atoms with van der Waals surface area (Å²) < 4.78 is 0. The summed E-state index contributed by atoms with van der Waals surface area (Å²) in [6, 6.07) is 0. The van der Waals surface area contributed by atoms with E-state index in [4.69, 9.17) is 0 Å². The summed E-state index contributed by atoms with van der Waals surface area (Å²) in [4.78, 5) is 0. The third kappa shape index (κ3) is 11.0. The van der Waals surface area contributed by atoms with E-state index in [2.05, 4.69) is 10.6 Å². The summed E-state index contributed by atoms with van der Waals surface area (Å²) in [5.41, 5.74) is 0. The van der Waals surface area contributed by atoms with Gasteiger partial charge in [-0.3, -0.25) is 10.2 Å². The van der Waals surface area contributed by atoms with Crippen molar-refractivity contribution in [2.24, 2.45) is 0 Å². The molecule has 0 atom stereocenters. The monoisotopic (exact) mass is 196 g/mol. The molecule has 0 unspecified atom stereocenters. The lowest BCUT2D eigenvalue weighted by Gasteiger charge is -1.98. The number of hydrogen-bond donors (Lipinski definition) is 0. The molecule has 0 saturated carbocycles. The first-order valence-electron chi connectivity index (χ1n) is 4.57. The zero-order valence-electron chi connectivity index (χ0n) is 8.69. The zero-order chi connectivity index (χ0) is 10.8. The highest BCUT2D eigenvalue weighted by Gasteiger charge is 1.89. The Morgan fingerprint density at radius 1 is 0.929 bits per heavy atom. The van der Waals surface area contributed by atoms with Gasteiger partial charge in [0.25, 0.3) is 0 Å². The molecule has 0 aromatic heterocycles. The first-order valence-corrected chi connectivity index (χ1v) is 4.57. The molecule has 0 spiro atoms. The normalized spacial score (nSPS) is 13.3. The molecule has 78 valence electrons. The molecule has 4 nitrogen and oxygen atoms in total. The van der Waals surface area contributed by atoms with Crippen LogP contribution in [0.3, 0.4) is 0 Å². The average Bonchev–Trinajstić information content (AvgIpc) is 2.08. The number of allylic oxidation sites excluding steroid dienone is 2. The van der Waals surface area contributed by atoms with Crippen LogP contribution in [0.4, 0.5) is 0 Å². The van der Waals surface area contributed by atoms with Gasteiger partial charge in [0.15, 0.2) is 0 Å². The van der Waals surface area contributed by atoms with E-state index >= 15 is 0 Å². The molecule has 0 amide bonds. The molecular weight excluding hydrogens is 180 g/mol. The molecular formula is C10H16N2O2. The Bertz CT molecular complexity index is 170. The second-order valence-corrected chi connectivity index (χ2v) is 2.89. The summed E-state index contributed by atoms with van der Waals surface area (Å²) in [5.74, 6) is 0.0752. The van der Waals surface area contributed by atoms with Crippen molar-refractivity contribution >= 4 is 0 Å². The van der Waals surface area contributed by atoms with E-state index < -0.39 is 0 Å². The molecule has 0 aromatic carbocycles. The predicted molar refractivity (Wildman–Crippen MR) is 52.6 cm³/mol. The van der Waals surface area contributed by atoms with Gasteiger partial charge < -0.3 is 0 Å². The molecule has 0 aliphatic heterocycles. The third-order valence-corrected chi connectivity index (χ3v) is 1.43. The van der Waals surface area contributed by atoms with E-state index in [1.807, 2.05) is 0 Å². The van der Waals surface area contributed by atoms with Crippen LogP contribution in [0, 0.1) is 0 Å². The van der Waals surface area contributed by atoms with Crippen LogP contribution in [0.25, 0.3) is 0 Å². The second-order valence-electron chi connectivity index (χ2n) is 2.89. The fourth-order valence-electron chi connectivity index (χ4n) is 0.710. The van der Waals surface area contributed by atoms with Gasteiger partial charge in [-0.1, -0.05) is 0 Å². The topological polar surface area (TPSA) is 68.0 Å². The van der Waals surface area contributed by atoms with Crippen molar-refractivity contribution < 1.29 is 10.2 Å². The Morgan fingerprint density at radius 2 is 1.29 bits per heavy atom. The van der Waals surface area contributed by atoms with E-state index in [9.17, 15) is 10.2 Å². The smallest absolute Gasteiger partial charge is 0.149 e. The molecule has 0 rings (SSSR count). The van der Waals surface area contributed by atoms with Crippen LogP contribution in [-0.2, 0) is 10.2 Å². The molecule has 4 radical (unpaired) electrons. The zero-order valence-corrected chi connectivity index (χ0v) is 8.69. The Kier molecular flexibility index (Phi) is 7.98. The minimum atomic E-state index is 0.0376. The van der Waals surface area contributed by atoms with Gasteiger partial charge in [0.2, 0.25) is 0 Å². The molecule has 0 aliphatic rings. The van der Waals surface area contributed by atoms with Crippen molar-refractivity contribution in [1.82, 2.24) is 10.6 Å². The molecule has 0 aromatic rings. The predicted octanol–water partition coefficient (Wildman–Crippen LogP) is 0.864. The Hall–Kier alpha value is -1.00. The fraction of sp³-hybridized carbons (Fsp3) is 0.600. The quantitative estimate of drug-likeness (QED) is 0.428. The lowest BCUT2D eigenvalue weighted by atomic mass is 10.4. The van der Waals surface area contributed by atoms with Gasteiger partial charge in [-0.05, 0) is 26.0 Å². The molecule has 0 saturated heterocycles. The summed E-state index contributed by atoms with van der Waals surface area (Å²) in [6.45, 7) is 5.14. The Morgan fingerprint density at radius 3 is 1.57 bits per heavy atom. The van der Waals surface area contributed by atoms with Crippen molar-refractivity contribution in [3.63, 3.8) is 0 Å². The van der Waals surface area contributed by atoms with Crippen LogP contribution in [0.1, 0.15) is 13.8 Å². The number of rotatable bonds is 7. The molecule has 0 bridgehead atoms. The van der Waals surface area contributed by atoms with Crippen molar-refractivity contribution in [2.75, 3.05) is 26.2 Å². The molecule has 0 N–H and O–H groups in total. The minimum absolute atomic E-state index is 0.0376. The highest BCUT2D eigenvalue weighted by Crippen LogP contribution is 1.84. The first-order chi connectivity index (χ1) is 6.63. The summed E-state index contributed by atoms with van der Waals surface area (Å²) in [5, 5.41) is 29.1. The van der Waals surface area contributed by atoms with Gasteiger partial charge in [-0.15, -0.1) is 0 Å². The van der Waals surface area contributed by atoms with Gasteiger partial charge in [0.1, 0.15) is 11.5 Å². The van der Waals surface area contributed by atoms with Crippen LogP contribution in [0.15, 0.2) is 23.7 Å². The maximum Gasteiger partial charge on any atom is 0.149 e. The highest BCUT2D eigenvalue weighted by molar-refractivity contribution is 4.88. The van der Waals surface area contributed by atoms with E-state index in [1.54, 1.807) is 0 Å². The number of nitrogens with zero attached hydrogens (tertiary/aromatic N) is 2. The lowest BCUT2D eigenvalue weighted by molar-refractivity contribution is 0.297. The minimum Gasteiger partial charge on any atom is -0.295 e. The van der Waals surface area contributed by atoms with Gasteiger partial charge >= 0.3 is 0 Å². The SMILES string of the molecule is C/C([O])=C/C[N]CC[N]C/C=C(/C)[O]. The van der Waals surface area contributed by atoms with E-state index in [-0.39, 0.29) is 11.5 Å². The second kappa shape index (κ2) is 8.59. The Balaban J connectivity index is 3.15. The van der Waals surface area contributed by atoms with Crippen molar-refractivity contribution in [2.45, 2.75) is 13.8 Å². The van der Waals surface area contributed by atoms with Crippen LogP contribution in [0.5, 0.6) is 0 Å². The molecule has 14 heavy (non-hydrogen) atoms. The van der Waals surface area contributed by atoms with E-state index in [0.717, 1.165) is 0 Å². The summed E-state index contributed by atoms with van der Waals surface area (Å²) in [6.07, 6.45) is 3.06. The van der Waals surface area contributed by atoms with Crippen molar-refractivity contribution in [3.05, 3.63) is 23.7 Å². The molecule has 4 heteroatoms. The molecule has 0 heterocycles. The van der Waals surface area contributed by atoms with Crippen molar-refractivity contribution in [1.29, 1.82) is 0 Å². The maximum atomic E-state index is 10.5. The standard InChI is InChI=1S/C10H16N2O2/c1-9(13)3-5-11-7-8-12-6-4-10(2)14/h3-4H,5-8H2,1-2H3/b9-3-,10-4-. The highest BCUT2D eigenvalue weighted by atomic mass is 16.3. The van der Waals surface area contributed by atoms with Gasteiger partial charge in [0, 0.05) is 26.2 Å². The van der Waals surface area contributed by atoms with Crippen LogP contribution < -0.4 is 10.6 Å². The molecule has 0 fully saturated rings. The summed E-state index contributed by atoms with van der Waals surface area (Å²) in [7, 11) is 0. The van der Waals surface area contributed by atoms with Crippen molar-refractivity contribution in [3.8, 4) is 0 Å². The average molecular weight is 196 g/mol. The fourth-order valence-corrected chi connectivity index (χ4v) is 0.710. The van der Waals surface area contributed by atoms with Gasteiger partial charge in [-0.25, -0.2) is 10.6 Å². The number of hydrogen-bond acceptors (Lipinski definition) is 0. The lowest BCUT2D eigenvalue weighted by Crippen LogP contribution is -2.18. The van der Waals surface area contributed by atoms with Crippen LogP contribution in [0.2, 0.25) is 0 Å². The van der Waals surface area contributed by atoms with E-state index in [1.165, 1.54) is 26.0 Å². The molecule has 0 aliphatic carbocycles. The first kappa shape index (κ1) is 13.0. The maximum absolute atomic E-state index is 10.5. The van der Waals surface area contributed by atoms with Crippen LogP contribution in [-0.4, -0.2) is 26.2 Å². The Labute approximate surface area is 85.3 Å². The van der Waals surface area contributed by atoms with Gasteiger partial charge in [-0.2, -0.15) is 0 Å².